The molecular formula is C14H32N2O5S2. The van der Waals surface area contributed by atoms with E-state index in [9.17, 15) is 16.8 Å². The molecule has 23 heavy (non-hydrogen) atoms. The van der Waals surface area contributed by atoms with Crippen molar-refractivity contribution in [2.24, 2.45) is 21.1 Å². The summed E-state index contributed by atoms with van der Waals surface area (Å²) in [5, 5.41) is 10.4. The van der Waals surface area contributed by atoms with Crippen LogP contribution in [0.4, 0.5) is 0 Å². The molecule has 0 aromatic rings. The largest absolute Gasteiger partial charge is 0.380 e. The van der Waals surface area contributed by atoms with Crippen LogP contribution in [0.25, 0.3) is 0 Å². The zero-order valence-corrected chi connectivity index (χ0v) is 16.3. The van der Waals surface area contributed by atoms with Gasteiger partial charge in [0.2, 0.25) is 20.0 Å². The van der Waals surface area contributed by atoms with Gasteiger partial charge in [0.15, 0.2) is 0 Å². The van der Waals surface area contributed by atoms with E-state index in [1.165, 1.54) is 0 Å². The molecule has 0 rings (SSSR count). The van der Waals surface area contributed by atoms with Crippen LogP contribution in [-0.2, 0) is 24.8 Å². The highest BCUT2D eigenvalue weighted by molar-refractivity contribution is 7.89. The van der Waals surface area contributed by atoms with Crippen molar-refractivity contribution in [1.29, 1.82) is 0 Å². The van der Waals surface area contributed by atoms with Gasteiger partial charge in [0.05, 0.1) is 24.7 Å². The van der Waals surface area contributed by atoms with Gasteiger partial charge < -0.3 is 4.74 Å². The van der Waals surface area contributed by atoms with E-state index in [-0.39, 0.29) is 24.7 Å². The van der Waals surface area contributed by atoms with E-state index in [0.717, 1.165) is 0 Å². The smallest absolute Gasteiger partial charge is 0.209 e. The van der Waals surface area contributed by atoms with Crippen molar-refractivity contribution in [3.63, 3.8) is 0 Å². The van der Waals surface area contributed by atoms with E-state index < -0.39 is 30.9 Å². The van der Waals surface area contributed by atoms with Crippen molar-refractivity contribution in [1.82, 2.24) is 0 Å². The number of sulfonamides is 2. The second-order valence-corrected chi connectivity index (χ2v) is 9.75. The van der Waals surface area contributed by atoms with Gasteiger partial charge in [0, 0.05) is 10.8 Å². The summed E-state index contributed by atoms with van der Waals surface area (Å²) in [5.74, 6) is -0.291. The number of hydrogen-bond acceptors (Lipinski definition) is 5. The van der Waals surface area contributed by atoms with E-state index in [2.05, 4.69) is 0 Å². The van der Waals surface area contributed by atoms with Gasteiger partial charge in [0.25, 0.3) is 0 Å². The molecule has 0 aromatic carbocycles. The standard InChI is InChI=1S/C14H32N2O5S2/c1-5-13(6-2,11-22(15,17)18)9-21-10-14(7-3,8-4)12-23(16,19)20/h5-12H2,1-4H3,(H2,15,17,18)(H2,16,19,20). The summed E-state index contributed by atoms with van der Waals surface area (Å²) in [6, 6.07) is 0. The fourth-order valence-electron chi connectivity index (χ4n) is 2.74. The van der Waals surface area contributed by atoms with Crippen LogP contribution in [0.15, 0.2) is 0 Å². The molecule has 9 heteroatoms. The minimum atomic E-state index is -3.61. The fourth-order valence-corrected chi connectivity index (χ4v) is 5.43. The van der Waals surface area contributed by atoms with E-state index in [1.807, 2.05) is 27.7 Å². The Morgan fingerprint density at radius 2 is 0.957 bits per heavy atom. The van der Waals surface area contributed by atoms with Crippen LogP contribution in [0.1, 0.15) is 53.4 Å². The molecule has 0 saturated carbocycles. The molecule has 0 aliphatic rings. The molecule has 0 saturated heterocycles. The summed E-state index contributed by atoms with van der Waals surface area (Å²) in [7, 11) is -7.22. The van der Waals surface area contributed by atoms with Crippen molar-refractivity contribution in [3.8, 4) is 0 Å². The lowest BCUT2D eigenvalue weighted by molar-refractivity contribution is -0.000102. The Morgan fingerprint density at radius 3 is 1.13 bits per heavy atom. The van der Waals surface area contributed by atoms with Crippen LogP contribution < -0.4 is 10.3 Å². The zero-order valence-electron chi connectivity index (χ0n) is 14.7. The van der Waals surface area contributed by atoms with Crippen LogP contribution in [0.2, 0.25) is 0 Å². The Bertz CT molecular complexity index is 500. The van der Waals surface area contributed by atoms with Crippen molar-refractivity contribution >= 4 is 20.0 Å². The lowest BCUT2D eigenvalue weighted by Crippen LogP contribution is -2.40. The lowest BCUT2D eigenvalue weighted by atomic mass is 9.84. The van der Waals surface area contributed by atoms with E-state index in [1.54, 1.807) is 0 Å². The van der Waals surface area contributed by atoms with Gasteiger partial charge in [-0.05, 0) is 25.7 Å². The average Bonchev–Trinajstić information content (AvgIpc) is 2.42. The van der Waals surface area contributed by atoms with E-state index in [0.29, 0.717) is 25.7 Å². The quantitative estimate of drug-likeness (QED) is 0.531. The van der Waals surface area contributed by atoms with Crippen molar-refractivity contribution in [2.45, 2.75) is 53.4 Å². The zero-order chi connectivity index (χ0) is 18.4. The molecule has 0 fully saturated rings. The van der Waals surface area contributed by atoms with Crippen molar-refractivity contribution < 1.29 is 21.6 Å². The highest BCUT2D eigenvalue weighted by Gasteiger charge is 2.35. The van der Waals surface area contributed by atoms with Crippen molar-refractivity contribution in [3.05, 3.63) is 0 Å². The summed E-state index contributed by atoms with van der Waals surface area (Å²) in [6.45, 7) is 8.04. The highest BCUT2D eigenvalue weighted by atomic mass is 32.2. The fraction of sp³-hybridized carbons (Fsp3) is 1.00. The maximum atomic E-state index is 11.5. The van der Waals surface area contributed by atoms with Gasteiger partial charge in [-0.15, -0.1) is 0 Å². The van der Waals surface area contributed by atoms with Gasteiger partial charge in [0.1, 0.15) is 0 Å². The van der Waals surface area contributed by atoms with Gasteiger partial charge in [-0.1, -0.05) is 27.7 Å². The van der Waals surface area contributed by atoms with Gasteiger partial charge in [-0.3, -0.25) is 0 Å². The van der Waals surface area contributed by atoms with Crippen LogP contribution >= 0.6 is 0 Å². The first-order valence-corrected chi connectivity index (χ1v) is 11.4. The van der Waals surface area contributed by atoms with Crippen LogP contribution in [-0.4, -0.2) is 41.6 Å². The summed E-state index contributed by atoms with van der Waals surface area (Å²) in [6.07, 6.45) is 2.45. The Hall–Kier alpha value is -0.220. The number of hydrogen-bond donors (Lipinski definition) is 2. The molecule has 4 N–H and O–H groups in total. The molecule has 0 unspecified atom stereocenters. The normalized spacial score (nSPS) is 14.2. The van der Waals surface area contributed by atoms with E-state index in [4.69, 9.17) is 15.0 Å². The first kappa shape index (κ1) is 22.8. The minimum Gasteiger partial charge on any atom is -0.380 e. The molecule has 0 aliphatic carbocycles. The molecular weight excluding hydrogens is 340 g/mol. The number of nitrogens with two attached hydrogens (primary N) is 2. The monoisotopic (exact) mass is 372 g/mol. The van der Waals surface area contributed by atoms with Gasteiger partial charge in [-0.2, -0.15) is 0 Å². The van der Waals surface area contributed by atoms with Crippen LogP contribution in [0.5, 0.6) is 0 Å². The first-order chi connectivity index (χ1) is 10.4. The molecule has 0 heterocycles. The molecule has 0 aliphatic heterocycles. The molecule has 0 amide bonds. The predicted molar refractivity (Wildman–Crippen MR) is 92.8 cm³/mol. The topological polar surface area (TPSA) is 130 Å². The number of rotatable bonds is 12. The second-order valence-electron chi connectivity index (χ2n) is 6.52. The number of ether oxygens (including phenoxy) is 1. The average molecular weight is 373 g/mol. The van der Waals surface area contributed by atoms with Gasteiger partial charge >= 0.3 is 0 Å². The minimum absolute atomic E-state index is 0.145. The number of primary sulfonamides is 2. The van der Waals surface area contributed by atoms with Crippen LogP contribution in [0, 0.1) is 10.8 Å². The SMILES string of the molecule is CCC(CC)(COCC(CC)(CC)CS(N)(=O)=O)CS(N)(=O)=O. The Morgan fingerprint density at radius 1 is 0.696 bits per heavy atom. The summed E-state index contributed by atoms with van der Waals surface area (Å²) in [5.41, 5.74) is -1.11. The Kier molecular flexibility index (Phi) is 8.67. The maximum Gasteiger partial charge on any atom is 0.209 e. The third kappa shape index (κ3) is 8.44. The second kappa shape index (κ2) is 8.75. The molecule has 0 aromatic heterocycles. The third-order valence-electron chi connectivity index (χ3n) is 4.83. The van der Waals surface area contributed by atoms with Crippen molar-refractivity contribution in [2.75, 3.05) is 24.7 Å². The molecule has 0 bridgehead atoms. The molecule has 0 atom stereocenters. The first-order valence-electron chi connectivity index (χ1n) is 7.95. The summed E-state index contributed by atoms with van der Waals surface area (Å²) < 4.78 is 51.6. The summed E-state index contributed by atoms with van der Waals surface area (Å²) in [4.78, 5) is 0. The Labute approximate surface area is 141 Å². The highest BCUT2D eigenvalue weighted by Crippen LogP contribution is 2.32. The molecule has 0 spiro atoms. The van der Waals surface area contributed by atoms with E-state index >= 15 is 0 Å². The maximum absolute atomic E-state index is 11.5. The summed E-state index contributed by atoms with van der Waals surface area (Å²) >= 11 is 0. The molecule has 140 valence electrons. The van der Waals surface area contributed by atoms with Crippen LogP contribution in [0.3, 0.4) is 0 Å². The third-order valence-corrected chi connectivity index (χ3v) is 6.86. The predicted octanol–water partition coefficient (Wildman–Crippen LogP) is 1.19. The Balaban J connectivity index is 5.03. The lowest BCUT2D eigenvalue weighted by Gasteiger charge is -2.34. The molecule has 0 radical (unpaired) electrons. The van der Waals surface area contributed by atoms with Gasteiger partial charge in [-0.25, -0.2) is 27.1 Å². The molecule has 7 nitrogen and oxygen atoms in total.